The fourth-order valence-electron chi connectivity index (χ4n) is 3.20. The maximum Gasteiger partial charge on any atom is 0.368 e. The quantitative estimate of drug-likeness (QED) is 0.131. The largest absolute Gasteiger partial charge is 0.463 e. The van der Waals surface area contributed by atoms with E-state index in [1.807, 2.05) is 0 Å². The van der Waals surface area contributed by atoms with Crippen molar-refractivity contribution in [1.82, 2.24) is 0 Å². The number of carbonyl (C=O) groups is 3. The molecule has 2 rings (SSSR count). The summed E-state index contributed by atoms with van der Waals surface area (Å²) in [5, 5.41) is 0. The van der Waals surface area contributed by atoms with Gasteiger partial charge in [0.25, 0.3) is 0 Å². The third kappa shape index (κ3) is 7.99. The van der Waals surface area contributed by atoms with Gasteiger partial charge in [-0.2, -0.15) is 4.89 Å². The summed E-state index contributed by atoms with van der Waals surface area (Å²) in [6.45, 7) is 4.49. The predicted molar refractivity (Wildman–Crippen MR) is 104 cm³/mol. The van der Waals surface area contributed by atoms with Crippen LogP contribution in [0.2, 0.25) is 0 Å². The molecule has 1 aromatic carbocycles. The number of ether oxygens (including phenoxy) is 2. The lowest BCUT2D eigenvalue weighted by atomic mass is 9.82. The standard InChI is InChI=1S/C22H25F3O7/c1-13(2)22(28)32-30-10-9-29-19(26)7-8-20(27)31-16-5-3-14(4-6-16)15-11-17(23)21(25)18(24)12-15/h11-12,14,16H,1,3-10H2,2H3. The highest BCUT2D eigenvalue weighted by Crippen LogP contribution is 2.35. The second-order valence-corrected chi connectivity index (χ2v) is 7.46. The van der Waals surface area contributed by atoms with E-state index in [2.05, 4.69) is 16.4 Å². The van der Waals surface area contributed by atoms with Crippen molar-refractivity contribution in [1.29, 1.82) is 0 Å². The van der Waals surface area contributed by atoms with Gasteiger partial charge < -0.3 is 9.47 Å². The summed E-state index contributed by atoms with van der Waals surface area (Å²) in [4.78, 5) is 43.6. The highest BCUT2D eigenvalue weighted by molar-refractivity contribution is 5.86. The molecule has 0 unspecified atom stereocenters. The molecule has 0 spiro atoms. The lowest BCUT2D eigenvalue weighted by molar-refractivity contribution is -0.271. The van der Waals surface area contributed by atoms with Crippen LogP contribution < -0.4 is 0 Å². The average molecular weight is 458 g/mol. The third-order valence-electron chi connectivity index (χ3n) is 4.90. The maximum absolute atomic E-state index is 13.4. The number of rotatable bonds is 10. The molecule has 10 heteroatoms. The Morgan fingerprint density at radius 3 is 2.16 bits per heavy atom. The fraction of sp³-hybridized carbons (Fsp3) is 0.500. The molecule has 32 heavy (non-hydrogen) atoms. The molecule has 1 fully saturated rings. The number of esters is 2. The molecule has 7 nitrogen and oxygen atoms in total. The Morgan fingerprint density at radius 1 is 0.969 bits per heavy atom. The fourth-order valence-corrected chi connectivity index (χ4v) is 3.20. The number of carbonyl (C=O) groups excluding carboxylic acids is 3. The van der Waals surface area contributed by atoms with Crippen LogP contribution in [0.4, 0.5) is 13.2 Å². The smallest absolute Gasteiger partial charge is 0.368 e. The molecule has 0 radical (unpaired) electrons. The van der Waals surface area contributed by atoms with Crippen molar-refractivity contribution >= 4 is 17.9 Å². The summed E-state index contributed by atoms with van der Waals surface area (Å²) in [5.74, 6) is -6.02. The summed E-state index contributed by atoms with van der Waals surface area (Å²) in [6, 6.07) is 1.99. The van der Waals surface area contributed by atoms with Crippen LogP contribution in [0.5, 0.6) is 0 Å². The lowest BCUT2D eigenvalue weighted by Gasteiger charge is -2.28. The van der Waals surface area contributed by atoms with Gasteiger partial charge in [0.15, 0.2) is 17.5 Å². The molecule has 0 N–H and O–H groups in total. The van der Waals surface area contributed by atoms with Crippen LogP contribution in [0.25, 0.3) is 0 Å². The van der Waals surface area contributed by atoms with Crippen molar-refractivity contribution in [2.24, 2.45) is 0 Å². The first-order valence-corrected chi connectivity index (χ1v) is 10.2. The monoisotopic (exact) mass is 458 g/mol. The first kappa shape index (κ1) is 25.4. The van der Waals surface area contributed by atoms with Crippen LogP contribution in [0.3, 0.4) is 0 Å². The molecular formula is C22H25F3O7. The molecule has 0 aliphatic heterocycles. The summed E-state index contributed by atoms with van der Waals surface area (Å²) in [5.41, 5.74) is 0.541. The van der Waals surface area contributed by atoms with Crippen molar-refractivity contribution in [2.75, 3.05) is 13.2 Å². The zero-order valence-electron chi connectivity index (χ0n) is 17.7. The third-order valence-corrected chi connectivity index (χ3v) is 4.90. The number of hydrogen-bond donors (Lipinski definition) is 0. The van der Waals surface area contributed by atoms with Crippen LogP contribution in [0, 0.1) is 17.5 Å². The zero-order valence-corrected chi connectivity index (χ0v) is 17.7. The van der Waals surface area contributed by atoms with Crippen LogP contribution >= 0.6 is 0 Å². The van der Waals surface area contributed by atoms with Gasteiger partial charge in [0.05, 0.1) is 12.8 Å². The van der Waals surface area contributed by atoms with E-state index in [0.29, 0.717) is 31.2 Å². The van der Waals surface area contributed by atoms with Crippen molar-refractivity contribution in [3.8, 4) is 0 Å². The first-order valence-electron chi connectivity index (χ1n) is 10.2. The normalized spacial score (nSPS) is 18.0. The number of benzene rings is 1. The second kappa shape index (κ2) is 12.2. The Balaban J connectivity index is 1.61. The van der Waals surface area contributed by atoms with Gasteiger partial charge in [-0.3, -0.25) is 14.5 Å². The Bertz CT molecular complexity index is 825. The Labute approximate surface area is 183 Å². The molecule has 1 saturated carbocycles. The molecule has 0 bridgehead atoms. The van der Waals surface area contributed by atoms with E-state index in [4.69, 9.17) is 9.47 Å². The minimum absolute atomic E-state index is 0.151. The average Bonchev–Trinajstić information content (AvgIpc) is 2.75. The van der Waals surface area contributed by atoms with Crippen molar-refractivity contribution in [3.05, 3.63) is 47.3 Å². The summed E-state index contributed by atoms with van der Waals surface area (Å²) < 4.78 is 50.1. The summed E-state index contributed by atoms with van der Waals surface area (Å²) in [7, 11) is 0. The molecule has 176 valence electrons. The van der Waals surface area contributed by atoms with E-state index in [9.17, 15) is 27.6 Å². The van der Waals surface area contributed by atoms with Gasteiger partial charge in [0.1, 0.15) is 19.3 Å². The molecule has 1 aliphatic carbocycles. The highest BCUT2D eigenvalue weighted by atomic mass is 19.2. The van der Waals surface area contributed by atoms with Crippen LogP contribution in [0.1, 0.15) is 56.9 Å². The molecule has 1 aliphatic rings. The Kier molecular flexibility index (Phi) is 9.70. The molecule has 0 aromatic heterocycles. The molecule has 0 atom stereocenters. The molecular weight excluding hydrogens is 433 g/mol. The molecule has 0 amide bonds. The van der Waals surface area contributed by atoms with E-state index >= 15 is 0 Å². The van der Waals surface area contributed by atoms with Gasteiger partial charge in [-0.05, 0) is 56.2 Å². The van der Waals surface area contributed by atoms with Crippen LogP contribution in [-0.4, -0.2) is 37.2 Å². The molecule has 1 aromatic rings. The van der Waals surface area contributed by atoms with Gasteiger partial charge >= 0.3 is 17.9 Å². The second-order valence-electron chi connectivity index (χ2n) is 7.46. The first-order chi connectivity index (χ1) is 15.2. The van der Waals surface area contributed by atoms with Gasteiger partial charge in [-0.1, -0.05) is 6.58 Å². The van der Waals surface area contributed by atoms with E-state index in [1.54, 1.807) is 0 Å². The zero-order chi connectivity index (χ0) is 23.7. The Morgan fingerprint density at radius 2 is 1.56 bits per heavy atom. The highest BCUT2D eigenvalue weighted by Gasteiger charge is 2.26. The molecule has 0 saturated heterocycles. The topological polar surface area (TPSA) is 88.1 Å². The van der Waals surface area contributed by atoms with Crippen LogP contribution in [-0.2, 0) is 33.6 Å². The minimum Gasteiger partial charge on any atom is -0.463 e. The van der Waals surface area contributed by atoms with Crippen LogP contribution in [0.15, 0.2) is 24.3 Å². The summed E-state index contributed by atoms with van der Waals surface area (Å²) >= 11 is 0. The number of hydrogen-bond acceptors (Lipinski definition) is 7. The predicted octanol–water partition coefficient (Wildman–Crippen LogP) is 4.05. The van der Waals surface area contributed by atoms with Gasteiger partial charge in [0.2, 0.25) is 0 Å². The van der Waals surface area contributed by atoms with Crippen molar-refractivity contribution in [3.63, 3.8) is 0 Å². The van der Waals surface area contributed by atoms with E-state index < -0.39 is 35.4 Å². The SMILES string of the molecule is C=C(C)C(=O)OOCCOC(=O)CCC(=O)OC1CCC(c2cc(F)c(F)c(F)c2)CC1. The van der Waals surface area contributed by atoms with E-state index in [1.165, 1.54) is 6.92 Å². The van der Waals surface area contributed by atoms with Gasteiger partial charge in [-0.15, -0.1) is 0 Å². The minimum atomic E-state index is -1.49. The van der Waals surface area contributed by atoms with E-state index in [0.717, 1.165) is 12.1 Å². The van der Waals surface area contributed by atoms with Gasteiger partial charge in [0, 0.05) is 5.57 Å². The maximum atomic E-state index is 13.4. The summed E-state index contributed by atoms with van der Waals surface area (Å²) in [6.07, 6.45) is 1.32. The molecule has 0 heterocycles. The van der Waals surface area contributed by atoms with Gasteiger partial charge in [-0.25, -0.2) is 18.0 Å². The number of halogens is 3. The lowest BCUT2D eigenvalue weighted by Crippen LogP contribution is -2.24. The van der Waals surface area contributed by atoms with Crippen molar-refractivity contribution in [2.45, 2.75) is 57.5 Å². The van der Waals surface area contributed by atoms with E-state index in [-0.39, 0.29) is 43.7 Å². The Hall–Kier alpha value is -2.88. The van der Waals surface area contributed by atoms with Crippen molar-refractivity contribution < 1.29 is 46.8 Å².